The lowest BCUT2D eigenvalue weighted by atomic mass is 10.4. The van der Waals surface area contributed by atoms with E-state index in [4.69, 9.17) is 16.7 Å². The molecule has 0 aromatic heterocycles. The van der Waals surface area contributed by atoms with Crippen molar-refractivity contribution in [2.75, 3.05) is 6.61 Å². The molecule has 1 atom stereocenters. The Kier molecular flexibility index (Phi) is 2.71. The number of hydrogen-bond donors (Lipinski definition) is 2. The van der Waals surface area contributed by atoms with Gasteiger partial charge in [-0.15, -0.1) is 11.6 Å². The van der Waals surface area contributed by atoms with Crippen molar-refractivity contribution in [1.29, 1.82) is 0 Å². The Morgan fingerprint density at radius 1 is 2.00 bits per heavy atom. The second-order valence-corrected chi connectivity index (χ2v) is 1.58. The maximum Gasteiger partial charge on any atom is 0.237 e. The summed E-state index contributed by atoms with van der Waals surface area (Å²) in [6.45, 7) is -0.392. The van der Waals surface area contributed by atoms with E-state index in [9.17, 15) is 4.79 Å². The second kappa shape index (κ2) is 2.82. The molecule has 0 aliphatic carbocycles. The van der Waals surface area contributed by atoms with Gasteiger partial charge in [0.25, 0.3) is 0 Å². The van der Waals surface area contributed by atoms with Crippen LogP contribution in [-0.4, -0.2) is 23.0 Å². The molecule has 3 N–H and O–H groups in total. The SMILES string of the molecule is NC(=O)C(Cl)CO. The molecule has 0 radical (unpaired) electrons. The van der Waals surface area contributed by atoms with E-state index in [1.54, 1.807) is 0 Å². The summed E-state index contributed by atoms with van der Waals surface area (Å²) >= 11 is 5.08. The summed E-state index contributed by atoms with van der Waals surface area (Å²) in [5.41, 5.74) is 4.62. The van der Waals surface area contributed by atoms with Gasteiger partial charge >= 0.3 is 0 Å². The van der Waals surface area contributed by atoms with Gasteiger partial charge in [-0.25, -0.2) is 0 Å². The van der Waals surface area contributed by atoms with E-state index in [0.717, 1.165) is 0 Å². The molecule has 1 amide bonds. The molecule has 0 saturated carbocycles. The van der Waals surface area contributed by atoms with E-state index in [1.165, 1.54) is 0 Å². The van der Waals surface area contributed by atoms with Crippen LogP contribution in [0.2, 0.25) is 0 Å². The van der Waals surface area contributed by atoms with Crippen LogP contribution in [0.25, 0.3) is 0 Å². The summed E-state index contributed by atoms with van der Waals surface area (Å²) in [4.78, 5) is 9.86. The van der Waals surface area contributed by atoms with Gasteiger partial charge < -0.3 is 10.8 Å². The molecule has 0 aliphatic heterocycles. The number of aliphatic hydroxyl groups excluding tert-OH is 1. The zero-order chi connectivity index (χ0) is 5.86. The first-order valence-corrected chi connectivity index (χ1v) is 2.16. The molecule has 0 heterocycles. The molecule has 7 heavy (non-hydrogen) atoms. The third-order valence-corrected chi connectivity index (χ3v) is 0.822. The minimum Gasteiger partial charge on any atom is -0.394 e. The van der Waals surface area contributed by atoms with Crippen LogP contribution in [0, 0.1) is 0 Å². The number of hydrogen-bond acceptors (Lipinski definition) is 2. The van der Waals surface area contributed by atoms with Crippen molar-refractivity contribution in [2.24, 2.45) is 5.73 Å². The highest BCUT2D eigenvalue weighted by atomic mass is 35.5. The Morgan fingerprint density at radius 2 is 2.43 bits per heavy atom. The van der Waals surface area contributed by atoms with Gasteiger partial charge in [0.2, 0.25) is 5.91 Å². The van der Waals surface area contributed by atoms with Gasteiger partial charge in [0.1, 0.15) is 5.38 Å². The van der Waals surface area contributed by atoms with Crippen molar-refractivity contribution < 1.29 is 9.90 Å². The molecule has 0 aliphatic rings. The highest BCUT2D eigenvalue weighted by Gasteiger charge is 2.06. The van der Waals surface area contributed by atoms with Crippen LogP contribution in [0.3, 0.4) is 0 Å². The molecule has 3 nitrogen and oxygen atoms in total. The predicted octanol–water partition coefficient (Wildman–Crippen LogP) is -0.929. The molecule has 0 fully saturated rings. The molecule has 4 heteroatoms. The number of rotatable bonds is 2. The number of nitrogens with two attached hydrogens (primary N) is 1. The van der Waals surface area contributed by atoms with Crippen LogP contribution in [-0.2, 0) is 4.79 Å². The Balaban J connectivity index is 3.34. The summed E-state index contributed by atoms with van der Waals surface area (Å²) in [5, 5.41) is 7.14. The molecular formula is C3H6ClNO2. The monoisotopic (exact) mass is 123 g/mol. The van der Waals surface area contributed by atoms with Gasteiger partial charge in [-0.05, 0) is 0 Å². The summed E-state index contributed by atoms with van der Waals surface area (Å²) in [6.07, 6.45) is 0. The van der Waals surface area contributed by atoms with Crippen LogP contribution in [0.1, 0.15) is 0 Å². The fraction of sp³-hybridized carbons (Fsp3) is 0.667. The van der Waals surface area contributed by atoms with Crippen molar-refractivity contribution in [3.8, 4) is 0 Å². The fourth-order valence-corrected chi connectivity index (χ4v) is 0.0900. The number of carbonyl (C=O) groups excluding carboxylic acids is 1. The Hall–Kier alpha value is -0.280. The number of halogens is 1. The minimum absolute atomic E-state index is 0.392. The number of alkyl halides is 1. The number of amides is 1. The Labute approximate surface area is 46.1 Å². The fourth-order valence-electron chi connectivity index (χ4n) is 0.0900. The van der Waals surface area contributed by atoms with Crippen LogP contribution >= 0.6 is 11.6 Å². The predicted molar refractivity (Wildman–Crippen MR) is 25.9 cm³/mol. The first-order chi connectivity index (χ1) is 3.18. The summed E-state index contributed by atoms with van der Waals surface area (Å²) in [7, 11) is 0. The second-order valence-electron chi connectivity index (χ2n) is 1.05. The lowest BCUT2D eigenvalue weighted by molar-refractivity contribution is -0.118. The van der Waals surface area contributed by atoms with Crippen LogP contribution < -0.4 is 5.73 Å². The third kappa shape index (κ3) is 2.42. The molecule has 0 spiro atoms. The lowest BCUT2D eigenvalue weighted by Crippen LogP contribution is -2.26. The van der Waals surface area contributed by atoms with E-state index in [0.29, 0.717) is 0 Å². The Morgan fingerprint density at radius 3 is 2.43 bits per heavy atom. The highest BCUT2D eigenvalue weighted by Crippen LogP contribution is 1.89. The normalized spacial score (nSPS) is 13.4. The zero-order valence-corrected chi connectivity index (χ0v) is 4.35. The van der Waals surface area contributed by atoms with Gasteiger partial charge in [0, 0.05) is 0 Å². The van der Waals surface area contributed by atoms with Crippen molar-refractivity contribution in [3.05, 3.63) is 0 Å². The average Bonchev–Trinajstić information content (AvgIpc) is 1.65. The largest absolute Gasteiger partial charge is 0.394 e. The van der Waals surface area contributed by atoms with E-state index in [-0.39, 0.29) is 0 Å². The zero-order valence-electron chi connectivity index (χ0n) is 3.60. The van der Waals surface area contributed by atoms with Gasteiger partial charge in [0.05, 0.1) is 6.61 Å². The van der Waals surface area contributed by atoms with Gasteiger partial charge in [0.15, 0.2) is 0 Å². The standard InChI is InChI=1S/C3H6ClNO2/c4-2(1-6)3(5)7/h2,6H,1H2,(H2,5,7). The molecular weight excluding hydrogens is 117 g/mol. The maximum atomic E-state index is 9.86. The van der Waals surface area contributed by atoms with E-state index >= 15 is 0 Å². The molecule has 0 aromatic rings. The number of aliphatic hydroxyl groups is 1. The van der Waals surface area contributed by atoms with Gasteiger partial charge in [-0.3, -0.25) is 4.79 Å². The molecule has 0 aromatic carbocycles. The van der Waals surface area contributed by atoms with E-state index < -0.39 is 17.9 Å². The minimum atomic E-state index is -0.931. The summed E-state index contributed by atoms with van der Waals surface area (Å²) in [6, 6.07) is 0. The number of carbonyl (C=O) groups is 1. The lowest BCUT2D eigenvalue weighted by Gasteiger charge is -1.94. The van der Waals surface area contributed by atoms with Crippen molar-refractivity contribution in [3.63, 3.8) is 0 Å². The smallest absolute Gasteiger partial charge is 0.237 e. The van der Waals surface area contributed by atoms with E-state index in [1.807, 2.05) is 0 Å². The summed E-state index contributed by atoms with van der Waals surface area (Å²) in [5.74, 6) is -0.691. The molecule has 42 valence electrons. The first kappa shape index (κ1) is 6.72. The van der Waals surface area contributed by atoms with Crippen LogP contribution in [0.4, 0.5) is 0 Å². The van der Waals surface area contributed by atoms with Crippen molar-refractivity contribution in [2.45, 2.75) is 5.38 Å². The maximum absolute atomic E-state index is 9.86. The Bertz CT molecular complexity index is 75.3. The van der Waals surface area contributed by atoms with Gasteiger partial charge in [-0.1, -0.05) is 0 Å². The quantitative estimate of drug-likeness (QED) is 0.466. The van der Waals surface area contributed by atoms with E-state index in [2.05, 4.69) is 5.73 Å². The van der Waals surface area contributed by atoms with Crippen molar-refractivity contribution in [1.82, 2.24) is 0 Å². The molecule has 1 unspecified atom stereocenters. The van der Waals surface area contributed by atoms with Crippen molar-refractivity contribution >= 4 is 17.5 Å². The topological polar surface area (TPSA) is 63.3 Å². The third-order valence-electron chi connectivity index (χ3n) is 0.469. The molecule has 0 saturated heterocycles. The average molecular weight is 124 g/mol. The summed E-state index contributed by atoms with van der Waals surface area (Å²) < 4.78 is 0. The molecule has 0 rings (SSSR count). The van der Waals surface area contributed by atoms with Crippen LogP contribution in [0.15, 0.2) is 0 Å². The first-order valence-electron chi connectivity index (χ1n) is 1.72. The van der Waals surface area contributed by atoms with Gasteiger partial charge in [-0.2, -0.15) is 0 Å². The number of primary amides is 1. The molecule has 0 bridgehead atoms. The highest BCUT2D eigenvalue weighted by molar-refractivity contribution is 6.30. The van der Waals surface area contributed by atoms with Crippen LogP contribution in [0.5, 0.6) is 0 Å².